The average Bonchev–Trinajstić information content (AvgIpc) is 2.40. The molecule has 0 aromatic heterocycles. The van der Waals surface area contributed by atoms with Crippen molar-refractivity contribution in [1.29, 1.82) is 0 Å². The minimum Gasteiger partial charge on any atom is -0.486 e. The van der Waals surface area contributed by atoms with Gasteiger partial charge in [-0.2, -0.15) is 0 Å². The van der Waals surface area contributed by atoms with Crippen molar-refractivity contribution in [2.24, 2.45) is 0 Å². The normalized spacial score (nSPS) is 13.1. The first kappa shape index (κ1) is 11.6. The van der Waals surface area contributed by atoms with Crippen LogP contribution < -0.4 is 19.9 Å². The van der Waals surface area contributed by atoms with Crippen LogP contribution in [0.2, 0.25) is 0 Å². The highest BCUT2D eigenvalue weighted by atomic mass is 19.1. The second-order valence-electron chi connectivity index (χ2n) is 4.09. The van der Waals surface area contributed by atoms with Crippen molar-refractivity contribution < 1.29 is 18.6 Å². The SMILES string of the molecule is Nc1cc2c(cc1Oc1cccc(F)c1)OCCO2. The standard InChI is InChI=1S/C14H12FNO3/c15-9-2-1-3-10(6-9)19-12-8-14-13(7-11(12)16)17-4-5-18-14/h1-3,6-8H,4-5,16H2. The maximum atomic E-state index is 13.1. The molecule has 19 heavy (non-hydrogen) atoms. The Bertz CT molecular complexity index is 616. The largest absolute Gasteiger partial charge is 0.486 e. The predicted octanol–water partition coefficient (Wildman–Crippen LogP) is 2.97. The van der Waals surface area contributed by atoms with E-state index in [4.69, 9.17) is 19.9 Å². The number of halogens is 1. The van der Waals surface area contributed by atoms with Crippen LogP contribution in [-0.2, 0) is 0 Å². The topological polar surface area (TPSA) is 53.7 Å². The molecule has 0 radical (unpaired) electrons. The third kappa shape index (κ3) is 2.40. The van der Waals surface area contributed by atoms with Gasteiger partial charge in [0, 0.05) is 18.2 Å². The van der Waals surface area contributed by atoms with Gasteiger partial charge in [-0.05, 0) is 12.1 Å². The van der Waals surface area contributed by atoms with Crippen LogP contribution in [0.15, 0.2) is 36.4 Å². The monoisotopic (exact) mass is 261 g/mol. The first-order valence-corrected chi connectivity index (χ1v) is 5.85. The van der Waals surface area contributed by atoms with Crippen molar-refractivity contribution >= 4 is 5.69 Å². The average molecular weight is 261 g/mol. The summed E-state index contributed by atoms with van der Waals surface area (Å²) in [5, 5.41) is 0. The summed E-state index contributed by atoms with van der Waals surface area (Å²) in [6.45, 7) is 0.979. The van der Waals surface area contributed by atoms with Crippen LogP contribution in [0.5, 0.6) is 23.0 Å². The Morgan fingerprint density at radius 2 is 1.79 bits per heavy atom. The third-order valence-corrected chi connectivity index (χ3v) is 2.70. The highest BCUT2D eigenvalue weighted by Crippen LogP contribution is 2.39. The van der Waals surface area contributed by atoms with Gasteiger partial charge in [-0.25, -0.2) is 4.39 Å². The number of rotatable bonds is 2. The number of ether oxygens (including phenoxy) is 3. The quantitative estimate of drug-likeness (QED) is 0.844. The van der Waals surface area contributed by atoms with Crippen LogP contribution in [0.25, 0.3) is 0 Å². The van der Waals surface area contributed by atoms with Crippen LogP contribution in [0.3, 0.4) is 0 Å². The number of anilines is 1. The van der Waals surface area contributed by atoms with E-state index < -0.39 is 0 Å². The van der Waals surface area contributed by atoms with Crippen LogP contribution >= 0.6 is 0 Å². The summed E-state index contributed by atoms with van der Waals surface area (Å²) >= 11 is 0. The molecular weight excluding hydrogens is 249 g/mol. The van der Waals surface area contributed by atoms with Crippen molar-refractivity contribution in [2.45, 2.75) is 0 Å². The van der Waals surface area contributed by atoms with Gasteiger partial charge in [-0.3, -0.25) is 0 Å². The zero-order valence-corrected chi connectivity index (χ0v) is 10.1. The number of hydrogen-bond acceptors (Lipinski definition) is 4. The zero-order chi connectivity index (χ0) is 13.2. The van der Waals surface area contributed by atoms with E-state index in [2.05, 4.69) is 0 Å². The van der Waals surface area contributed by atoms with E-state index in [1.165, 1.54) is 12.1 Å². The fourth-order valence-corrected chi connectivity index (χ4v) is 1.83. The molecule has 98 valence electrons. The van der Waals surface area contributed by atoms with Crippen LogP contribution in [-0.4, -0.2) is 13.2 Å². The molecule has 0 saturated heterocycles. The highest BCUT2D eigenvalue weighted by Gasteiger charge is 2.15. The fraction of sp³-hybridized carbons (Fsp3) is 0.143. The van der Waals surface area contributed by atoms with Crippen molar-refractivity contribution in [3.63, 3.8) is 0 Å². The number of hydrogen-bond donors (Lipinski definition) is 1. The van der Waals surface area contributed by atoms with Crippen molar-refractivity contribution in [1.82, 2.24) is 0 Å². The van der Waals surface area contributed by atoms with E-state index in [-0.39, 0.29) is 5.82 Å². The van der Waals surface area contributed by atoms with Crippen molar-refractivity contribution in [2.75, 3.05) is 18.9 Å². The molecule has 5 heteroatoms. The number of fused-ring (bicyclic) bond motifs is 1. The fourth-order valence-electron chi connectivity index (χ4n) is 1.83. The molecule has 4 nitrogen and oxygen atoms in total. The molecule has 0 spiro atoms. The Morgan fingerprint density at radius 1 is 1.05 bits per heavy atom. The summed E-state index contributed by atoms with van der Waals surface area (Å²) in [6, 6.07) is 9.15. The molecule has 0 unspecified atom stereocenters. The molecule has 0 saturated carbocycles. The summed E-state index contributed by atoms with van der Waals surface area (Å²) < 4.78 is 29.5. The summed E-state index contributed by atoms with van der Waals surface area (Å²) in [4.78, 5) is 0. The van der Waals surface area contributed by atoms with E-state index in [0.717, 1.165) is 0 Å². The van der Waals surface area contributed by atoms with E-state index in [0.29, 0.717) is 41.9 Å². The number of nitrogens with two attached hydrogens (primary N) is 1. The molecule has 1 aliphatic rings. The molecule has 2 aromatic rings. The van der Waals surface area contributed by atoms with E-state index in [9.17, 15) is 4.39 Å². The summed E-state index contributed by atoms with van der Waals surface area (Å²) in [5.74, 6) is 1.59. The number of nitrogen functional groups attached to an aromatic ring is 1. The maximum absolute atomic E-state index is 13.1. The highest BCUT2D eigenvalue weighted by molar-refractivity contribution is 5.63. The molecule has 0 amide bonds. The second kappa shape index (κ2) is 4.68. The van der Waals surface area contributed by atoms with Crippen LogP contribution in [0, 0.1) is 5.82 Å². The first-order valence-electron chi connectivity index (χ1n) is 5.85. The lowest BCUT2D eigenvalue weighted by Gasteiger charge is -2.20. The second-order valence-corrected chi connectivity index (χ2v) is 4.09. The Kier molecular flexibility index (Phi) is 2.87. The molecular formula is C14H12FNO3. The van der Waals surface area contributed by atoms with Crippen LogP contribution in [0.4, 0.5) is 10.1 Å². The molecule has 2 N–H and O–H groups in total. The smallest absolute Gasteiger partial charge is 0.165 e. The van der Waals surface area contributed by atoms with E-state index in [1.54, 1.807) is 24.3 Å². The lowest BCUT2D eigenvalue weighted by molar-refractivity contribution is 0.171. The Morgan fingerprint density at radius 3 is 2.53 bits per heavy atom. The predicted molar refractivity (Wildman–Crippen MR) is 68.3 cm³/mol. The van der Waals surface area contributed by atoms with Gasteiger partial charge in [-0.15, -0.1) is 0 Å². The number of benzene rings is 2. The summed E-state index contributed by atoms with van der Waals surface area (Å²) in [5.41, 5.74) is 6.29. The maximum Gasteiger partial charge on any atom is 0.165 e. The van der Waals surface area contributed by atoms with Gasteiger partial charge in [0.15, 0.2) is 17.2 Å². The van der Waals surface area contributed by atoms with Gasteiger partial charge in [-0.1, -0.05) is 6.07 Å². The molecule has 1 aliphatic heterocycles. The lowest BCUT2D eigenvalue weighted by atomic mass is 10.2. The van der Waals surface area contributed by atoms with Crippen molar-refractivity contribution in [3.8, 4) is 23.0 Å². The third-order valence-electron chi connectivity index (χ3n) is 2.70. The summed E-state index contributed by atoms with van der Waals surface area (Å²) in [6.07, 6.45) is 0. The zero-order valence-electron chi connectivity index (χ0n) is 10.1. The van der Waals surface area contributed by atoms with E-state index >= 15 is 0 Å². The molecule has 1 heterocycles. The lowest BCUT2D eigenvalue weighted by Crippen LogP contribution is -2.15. The van der Waals surface area contributed by atoms with Gasteiger partial charge in [0.05, 0.1) is 5.69 Å². The van der Waals surface area contributed by atoms with Crippen LogP contribution in [0.1, 0.15) is 0 Å². The minimum atomic E-state index is -0.367. The molecule has 0 atom stereocenters. The Balaban J connectivity index is 1.92. The molecule has 0 fully saturated rings. The molecule has 3 rings (SSSR count). The van der Waals surface area contributed by atoms with Gasteiger partial charge in [0.1, 0.15) is 24.8 Å². The summed E-state index contributed by atoms with van der Waals surface area (Å²) in [7, 11) is 0. The van der Waals surface area contributed by atoms with Gasteiger partial charge >= 0.3 is 0 Å². The van der Waals surface area contributed by atoms with Gasteiger partial charge in [0.2, 0.25) is 0 Å². The molecule has 0 aliphatic carbocycles. The molecule has 2 aromatic carbocycles. The Hall–Kier alpha value is -2.43. The van der Waals surface area contributed by atoms with E-state index in [1.807, 2.05) is 0 Å². The van der Waals surface area contributed by atoms with Gasteiger partial charge in [0.25, 0.3) is 0 Å². The minimum absolute atomic E-state index is 0.367. The van der Waals surface area contributed by atoms with Crippen molar-refractivity contribution in [3.05, 3.63) is 42.2 Å². The first-order chi connectivity index (χ1) is 9.22. The molecule has 0 bridgehead atoms. The Labute approximate surface area is 109 Å². The van der Waals surface area contributed by atoms with Gasteiger partial charge < -0.3 is 19.9 Å².